The SMILES string of the molecule is COc1c(C(C)N)cc(F)c(C)c1Br. The lowest BCUT2D eigenvalue weighted by molar-refractivity contribution is 0.402. The van der Waals surface area contributed by atoms with Crippen molar-refractivity contribution in [2.45, 2.75) is 19.9 Å². The molecule has 0 aliphatic rings. The Morgan fingerprint density at radius 1 is 1.57 bits per heavy atom. The van der Waals surface area contributed by atoms with Gasteiger partial charge >= 0.3 is 0 Å². The van der Waals surface area contributed by atoms with Gasteiger partial charge < -0.3 is 10.5 Å². The molecule has 0 aliphatic carbocycles. The summed E-state index contributed by atoms with van der Waals surface area (Å²) in [5.74, 6) is 0.337. The van der Waals surface area contributed by atoms with E-state index >= 15 is 0 Å². The number of hydrogen-bond acceptors (Lipinski definition) is 2. The molecule has 2 N–H and O–H groups in total. The van der Waals surface area contributed by atoms with Crippen LogP contribution in [0.3, 0.4) is 0 Å². The Hall–Kier alpha value is -0.610. The summed E-state index contributed by atoms with van der Waals surface area (Å²) in [5.41, 5.74) is 6.91. The van der Waals surface area contributed by atoms with E-state index in [0.29, 0.717) is 21.3 Å². The molecule has 2 nitrogen and oxygen atoms in total. The highest BCUT2D eigenvalue weighted by Crippen LogP contribution is 2.36. The van der Waals surface area contributed by atoms with Crippen molar-refractivity contribution >= 4 is 15.9 Å². The highest BCUT2D eigenvalue weighted by molar-refractivity contribution is 9.10. The van der Waals surface area contributed by atoms with Crippen molar-refractivity contribution < 1.29 is 9.13 Å². The summed E-state index contributed by atoms with van der Waals surface area (Å²) in [7, 11) is 1.54. The molecule has 1 aromatic rings. The van der Waals surface area contributed by atoms with Crippen LogP contribution in [0.2, 0.25) is 0 Å². The maximum atomic E-state index is 13.4. The summed E-state index contributed by atoms with van der Waals surface area (Å²) in [6.07, 6.45) is 0. The van der Waals surface area contributed by atoms with Gasteiger partial charge in [0.25, 0.3) is 0 Å². The van der Waals surface area contributed by atoms with Crippen LogP contribution in [0, 0.1) is 12.7 Å². The van der Waals surface area contributed by atoms with E-state index in [1.807, 2.05) is 0 Å². The molecular weight excluding hydrogens is 249 g/mol. The van der Waals surface area contributed by atoms with Gasteiger partial charge in [0.15, 0.2) is 0 Å². The monoisotopic (exact) mass is 261 g/mol. The van der Waals surface area contributed by atoms with Gasteiger partial charge in [-0.2, -0.15) is 0 Å². The predicted octanol–water partition coefficient (Wildman–Crippen LogP) is 2.92. The number of halogens is 2. The first-order valence-electron chi connectivity index (χ1n) is 4.27. The number of ether oxygens (including phenoxy) is 1. The molecule has 14 heavy (non-hydrogen) atoms. The second-order valence-corrected chi connectivity index (χ2v) is 4.00. The molecule has 0 fully saturated rings. The lowest BCUT2D eigenvalue weighted by Gasteiger charge is -2.15. The van der Waals surface area contributed by atoms with E-state index in [-0.39, 0.29) is 11.9 Å². The van der Waals surface area contributed by atoms with Crippen molar-refractivity contribution in [3.63, 3.8) is 0 Å². The van der Waals surface area contributed by atoms with Crippen LogP contribution >= 0.6 is 15.9 Å². The van der Waals surface area contributed by atoms with Crippen LogP contribution in [-0.2, 0) is 0 Å². The second-order valence-electron chi connectivity index (χ2n) is 3.21. The number of rotatable bonds is 2. The van der Waals surface area contributed by atoms with Crippen LogP contribution in [0.5, 0.6) is 5.75 Å². The van der Waals surface area contributed by atoms with Crippen LogP contribution < -0.4 is 10.5 Å². The second kappa shape index (κ2) is 4.28. The van der Waals surface area contributed by atoms with Crippen molar-refractivity contribution in [3.8, 4) is 5.75 Å². The molecule has 0 radical (unpaired) electrons. The number of nitrogens with two attached hydrogens (primary N) is 1. The van der Waals surface area contributed by atoms with Crippen molar-refractivity contribution in [1.82, 2.24) is 0 Å². The Labute approximate surface area is 91.4 Å². The highest BCUT2D eigenvalue weighted by Gasteiger charge is 2.16. The quantitative estimate of drug-likeness (QED) is 0.889. The molecular formula is C10H13BrFNO. The average molecular weight is 262 g/mol. The van der Waals surface area contributed by atoms with Crippen LogP contribution in [0.4, 0.5) is 4.39 Å². The van der Waals surface area contributed by atoms with E-state index in [1.54, 1.807) is 21.0 Å². The molecule has 1 rings (SSSR count). The van der Waals surface area contributed by atoms with E-state index in [9.17, 15) is 4.39 Å². The van der Waals surface area contributed by atoms with Crippen molar-refractivity contribution in [3.05, 3.63) is 27.5 Å². The topological polar surface area (TPSA) is 35.2 Å². The molecule has 78 valence electrons. The average Bonchev–Trinajstić information content (AvgIpc) is 2.13. The van der Waals surface area contributed by atoms with E-state index in [2.05, 4.69) is 15.9 Å². The first kappa shape index (κ1) is 11.5. The third-order valence-electron chi connectivity index (χ3n) is 2.13. The maximum Gasteiger partial charge on any atom is 0.138 e. The Morgan fingerprint density at radius 2 is 2.14 bits per heavy atom. The van der Waals surface area contributed by atoms with Crippen LogP contribution in [0.25, 0.3) is 0 Å². The van der Waals surface area contributed by atoms with Gasteiger partial charge in [-0.1, -0.05) is 0 Å². The zero-order valence-electron chi connectivity index (χ0n) is 8.40. The van der Waals surface area contributed by atoms with Gasteiger partial charge in [0, 0.05) is 17.2 Å². The number of benzene rings is 1. The minimum absolute atomic E-state index is 0.253. The van der Waals surface area contributed by atoms with Crippen molar-refractivity contribution in [2.75, 3.05) is 7.11 Å². The lowest BCUT2D eigenvalue weighted by Crippen LogP contribution is -2.08. The Bertz CT molecular complexity index is 352. The van der Waals surface area contributed by atoms with Crippen molar-refractivity contribution in [1.29, 1.82) is 0 Å². The Morgan fingerprint density at radius 3 is 2.57 bits per heavy atom. The first-order chi connectivity index (χ1) is 6.49. The summed E-state index contributed by atoms with van der Waals surface area (Å²) in [6.45, 7) is 3.48. The van der Waals surface area contributed by atoms with Crippen molar-refractivity contribution in [2.24, 2.45) is 5.73 Å². The van der Waals surface area contributed by atoms with E-state index in [4.69, 9.17) is 10.5 Å². The zero-order valence-corrected chi connectivity index (χ0v) is 9.98. The van der Waals surface area contributed by atoms with Gasteiger partial charge in [0.2, 0.25) is 0 Å². The van der Waals surface area contributed by atoms with Gasteiger partial charge in [0.05, 0.1) is 11.6 Å². The predicted molar refractivity (Wildman–Crippen MR) is 58.0 cm³/mol. The fourth-order valence-electron chi connectivity index (χ4n) is 1.26. The number of hydrogen-bond donors (Lipinski definition) is 1. The largest absolute Gasteiger partial charge is 0.495 e. The van der Waals surface area contributed by atoms with E-state index < -0.39 is 0 Å². The van der Waals surface area contributed by atoms with Crippen LogP contribution in [0.15, 0.2) is 10.5 Å². The summed E-state index contributed by atoms with van der Waals surface area (Å²) in [5, 5.41) is 0. The van der Waals surface area contributed by atoms with Gasteiger partial charge in [0.1, 0.15) is 11.6 Å². The normalized spacial score (nSPS) is 12.7. The number of methoxy groups -OCH3 is 1. The molecule has 0 aromatic heterocycles. The Balaban J connectivity index is 3.43. The summed E-state index contributed by atoms with van der Waals surface area (Å²) < 4.78 is 19.2. The third kappa shape index (κ3) is 1.91. The fraction of sp³-hybridized carbons (Fsp3) is 0.400. The maximum absolute atomic E-state index is 13.4. The van der Waals surface area contributed by atoms with Gasteiger partial charge in [-0.15, -0.1) is 0 Å². The molecule has 0 amide bonds. The van der Waals surface area contributed by atoms with E-state index in [1.165, 1.54) is 6.07 Å². The highest BCUT2D eigenvalue weighted by atomic mass is 79.9. The molecule has 0 spiro atoms. The molecule has 1 atom stereocenters. The Kier molecular flexibility index (Phi) is 3.50. The zero-order chi connectivity index (χ0) is 10.9. The minimum atomic E-state index is -0.273. The molecule has 1 unspecified atom stereocenters. The fourth-order valence-corrected chi connectivity index (χ4v) is 1.84. The molecule has 0 heterocycles. The lowest BCUT2D eigenvalue weighted by atomic mass is 10.1. The summed E-state index contributed by atoms with van der Waals surface area (Å²) in [6, 6.07) is 1.17. The smallest absolute Gasteiger partial charge is 0.138 e. The molecule has 0 bridgehead atoms. The summed E-state index contributed by atoms with van der Waals surface area (Å²) >= 11 is 3.29. The van der Waals surface area contributed by atoms with Gasteiger partial charge in [-0.25, -0.2) is 4.39 Å². The summed E-state index contributed by atoms with van der Waals surface area (Å²) in [4.78, 5) is 0. The van der Waals surface area contributed by atoms with Crippen LogP contribution in [-0.4, -0.2) is 7.11 Å². The van der Waals surface area contributed by atoms with Gasteiger partial charge in [-0.05, 0) is 35.8 Å². The standard InChI is InChI=1S/C10H13BrFNO/c1-5-8(12)4-7(6(2)13)10(14-3)9(5)11/h4,6H,13H2,1-3H3. The first-order valence-corrected chi connectivity index (χ1v) is 5.06. The molecule has 0 saturated carbocycles. The van der Waals surface area contributed by atoms with E-state index in [0.717, 1.165) is 0 Å². The molecule has 1 aromatic carbocycles. The molecule has 0 aliphatic heterocycles. The molecule has 4 heteroatoms. The van der Waals surface area contributed by atoms with Gasteiger partial charge in [-0.3, -0.25) is 0 Å². The third-order valence-corrected chi connectivity index (χ3v) is 3.08. The molecule has 0 saturated heterocycles. The minimum Gasteiger partial charge on any atom is -0.495 e. The van der Waals surface area contributed by atoms with Crippen LogP contribution in [0.1, 0.15) is 24.1 Å².